The molecule has 2 heteroatoms. The normalized spacial score (nSPS) is 10.1. The molecule has 0 atom stereocenters. The maximum absolute atomic E-state index is 5.22. The van der Waals surface area contributed by atoms with Gasteiger partial charge < -0.3 is 9.64 Å². The number of nitrogens with zero attached hydrogens (tertiary/aromatic N) is 1. The summed E-state index contributed by atoms with van der Waals surface area (Å²) in [6.07, 6.45) is 0. The fraction of sp³-hybridized carbons (Fsp3) is 0.200. The van der Waals surface area contributed by atoms with Gasteiger partial charge >= 0.3 is 0 Å². The van der Waals surface area contributed by atoms with E-state index in [2.05, 4.69) is 35.2 Å². The average molecular weight is 226 g/mol. The molecule has 0 aliphatic carbocycles. The van der Waals surface area contributed by atoms with E-state index in [1.807, 2.05) is 32.3 Å². The van der Waals surface area contributed by atoms with Crippen LogP contribution in [0.4, 0.5) is 5.69 Å². The van der Waals surface area contributed by atoms with Crippen molar-refractivity contribution in [2.45, 2.75) is 0 Å². The highest BCUT2D eigenvalue weighted by molar-refractivity contribution is 5.69. The van der Waals surface area contributed by atoms with Crippen molar-refractivity contribution in [3.63, 3.8) is 0 Å². The lowest BCUT2D eigenvalue weighted by Gasteiger charge is -2.13. The van der Waals surface area contributed by atoms with Crippen molar-refractivity contribution in [2.75, 3.05) is 26.1 Å². The third-order valence-corrected chi connectivity index (χ3v) is 2.68. The molecular formula is C15H16NO. The Balaban J connectivity index is 2.41. The maximum Gasteiger partial charge on any atom is 0.119 e. The van der Waals surface area contributed by atoms with Gasteiger partial charge in [-0.05, 0) is 41.5 Å². The molecule has 0 saturated carbocycles. The highest BCUT2D eigenvalue weighted by Gasteiger charge is 2.02. The standard InChI is InChI=1S/C15H16NO/c1-16(2)14-8-4-6-12(10-14)13-7-5-9-15(11-13)17-3/h4-6,8-11H,1-3H3. The number of hydrogen-bond donors (Lipinski definition) is 0. The topological polar surface area (TPSA) is 12.5 Å². The summed E-state index contributed by atoms with van der Waals surface area (Å²) < 4.78 is 5.22. The first-order valence-electron chi connectivity index (χ1n) is 5.54. The van der Waals surface area contributed by atoms with Crippen molar-refractivity contribution in [1.82, 2.24) is 0 Å². The predicted octanol–water partition coefficient (Wildman–Crippen LogP) is 3.23. The lowest BCUT2D eigenvalue weighted by atomic mass is 10.0. The van der Waals surface area contributed by atoms with E-state index in [0.29, 0.717) is 0 Å². The molecule has 0 spiro atoms. The molecule has 17 heavy (non-hydrogen) atoms. The lowest BCUT2D eigenvalue weighted by molar-refractivity contribution is 0.415. The van der Waals surface area contributed by atoms with Crippen molar-refractivity contribution in [3.05, 3.63) is 48.5 Å². The maximum atomic E-state index is 5.22. The summed E-state index contributed by atoms with van der Waals surface area (Å²) in [5.41, 5.74) is 3.38. The number of methoxy groups -OCH3 is 1. The van der Waals surface area contributed by atoms with E-state index in [4.69, 9.17) is 4.74 Å². The van der Waals surface area contributed by atoms with E-state index in [-0.39, 0.29) is 0 Å². The number of rotatable bonds is 3. The van der Waals surface area contributed by atoms with Crippen molar-refractivity contribution in [3.8, 4) is 16.9 Å². The second-order valence-corrected chi connectivity index (χ2v) is 4.09. The molecule has 0 saturated heterocycles. The second-order valence-electron chi connectivity index (χ2n) is 4.09. The molecule has 2 nitrogen and oxygen atoms in total. The number of anilines is 1. The molecule has 0 aliphatic heterocycles. The quantitative estimate of drug-likeness (QED) is 0.796. The summed E-state index contributed by atoms with van der Waals surface area (Å²) in [6.45, 7) is 0. The number of ether oxygens (including phenoxy) is 1. The molecule has 0 N–H and O–H groups in total. The Labute approximate surface area is 102 Å². The molecule has 0 amide bonds. The van der Waals surface area contributed by atoms with Crippen LogP contribution < -0.4 is 9.64 Å². The Morgan fingerprint density at radius 2 is 1.94 bits per heavy atom. The minimum atomic E-state index is 0.856. The highest BCUT2D eigenvalue weighted by Crippen LogP contribution is 2.26. The van der Waals surface area contributed by atoms with Gasteiger partial charge in [0.1, 0.15) is 5.75 Å². The third-order valence-electron chi connectivity index (χ3n) is 2.68. The smallest absolute Gasteiger partial charge is 0.119 e. The molecule has 0 aromatic heterocycles. The van der Waals surface area contributed by atoms with Crippen LogP contribution in [0.15, 0.2) is 42.5 Å². The van der Waals surface area contributed by atoms with E-state index < -0.39 is 0 Å². The van der Waals surface area contributed by atoms with Gasteiger partial charge in [0.2, 0.25) is 0 Å². The predicted molar refractivity (Wildman–Crippen MR) is 71.6 cm³/mol. The molecule has 0 fully saturated rings. The highest BCUT2D eigenvalue weighted by atomic mass is 16.5. The fourth-order valence-electron chi connectivity index (χ4n) is 1.69. The van der Waals surface area contributed by atoms with E-state index >= 15 is 0 Å². The van der Waals surface area contributed by atoms with Gasteiger partial charge in [0.05, 0.1) is 7.11 Å². The molecule has 2 rings (SSSR count). The number of hydrogen-bond acceptors (Lipinski definition) is 2. The van der Waals surface area contributed by atoms with Gasteiger partial charge in [0, 0.05) is 19.8 Å². The summed E-state index contributed by atoms with van der Waals surface area (Å²) in [4.78, 5) is 2.09. The SMILES string of the molecule is COc1cc[c]c(-c2cccc(N(C)C)c2)c1. The Morgan fingerprint density at radius 3 is 2.65 bits per heavy atom. The van der Waals surface area contributed by atoms with Crippen LogP contribution in [0.1, 0.15) is 0 Å². The Hall–Kier alpha value is -1.96. The molecule has 2 aromatic carbocycles. The van der Waals surface area contributed by atoms with Crippen LogP contribution in [0.5, 0.6) is 5.75 Å². The first-order chi connectivity index (χ1) is 8.20. The van der Waals surface area contributed by atoms with Crippen molar-refractivity contribution < 1.29 is 4.74 Å². The average Bonchev–Trinajstić information content (AvgIpc) is 2.39. The molecule has 0 aliphatic rings. The van der Waals surface area contributed by atoms with Crippen molar-refractivity contribution >= 4 is 5.69 Å². The second kappa shape index (κ2) is 4.91. The van der Waals surface area contributed by atoms with Gasteiger partial charge in [0.15, 0.2) is 0 Å². The third kappa shape index (κ3) is 2.59. The molecule has 1 radical (unpaired) electrons. The van der Waals surface area contributed by atoms with Crippen LogP contribution in [0.2, 0.25) is 0 Å². The zero-order valence-corrected chi connectivity index (χ0v) is 10.4. The first kappa shape index (κ1) is 11.5. The van der Waals surface area contributed by atoms with Gasteiger partial charge in [-0.25, -0.2) is 0 Å². The lowest BCUT2D eigenvalue weighted by Crippen LogP contribution is -2.08. The molecule has 0 heterocycles. The van der Waals surface area contributed by atoms with Gasteiger partial charge in [-0.3, -0.25) is 0 Å². The molecular weight excluding hydrogens is 210 g/mol. The molecule has 87 valence electrons. The van der Waals surface area contributed by atoms with Crippen LogP contribution in [0, 0.1) is 6.07 Å². The summed E-state index contributed by atoms with van der Waals surface area (Å²) in [7, 11) is 5.75. The summed E-state index contributed by atoms with van der Waals surface area (Å²) >= 11 is 0. The molecule has 2 aromatic rings. The van der Waals surface area contributed by atoms with Gasteiger partial charge in [-0.15, -0.1) is 0 Å². The fourth-order valence-corrected chi connectivity index (χ4v) is 1.69. The zero-order chi connectivity index (χ0) is 12.3. The van der Waals surface area contributed by atoms with Gasteiger partial charge in [0.25, 0.3) is 0 Å². The van der Waals surface area contributed by atoms with Crippen LogP contribution in [-0.4, -0.2) is 21.2 Å². The zero-order valence-electron chi connectivity index (χ0n) is 10.4. The minimum absolute atomic E-state index is 0.856. The van der Waals surface area contributed by atoms with Gasteiger partial charge in [-0.1, -0.05) is 18.2 Å². The van der Waals surface area contributed by atoms with Crippen LogP contribution in [0.3, 0.4) is 0 Å². The van der Waals surface area contributed by atoms with E-state index in [0.717, 1.165) is 16.9 Å². The minimum Gasteiger partial charge on any atom is -0.497 e. The molecule has 0 unspecified atom stereocenters. The van der Waals surface area contributed by atoms with E-state index in [9.17, 15) is 0 Å². The van der Waals surface area contributed by atoms with Crippen LogP contribution >= 0.6 is 0 Å². The Kier molecular flexibility index (Phi) is 3.33. The monoisotopic (exact) mass is 226 g/mol. The van der Waals surface area contributed by atoms with Crippen molar-refractivity contribution in [1.29, 1.82) is 0 Å². The first-order valence-corrected chi connectivity index (χ1v) is 5.54. The van der Waals surface area contributed by atoms with E-state index in [1.54, 1.807) is 7.11 Å². The van der Waals surface area contributed by atoms with Crippen molar-refractivity contribution in [2.24, 2.45) is 0 Å². The summed E-state index contributed by atoms with van der Waals surface area (Å²) in [5.74, 6) is 0.856. The largest absolute Gasteiger partial charge is 0.497 e. The summed E-state index contributed by atoms with van der Waals surface area (Å²) in [5, 5.41) is 0. The Bertz CT molecular complexity index is 506. The Morgan fingerprint density at radius 1 is 1.12 bits per heavy atom. The van der Waals surface area contributed by atoms with Gasteiger partial charge in [-0.2, -0.15) is 0 Å². The van der Waals surface area contributed by atoms with E-state index in [1.165, 1.54) is 5.69 Å². The van der Waals surface area contributed by atoms with Crippen LogP contribution in [0.25, 0.3) is 11.1 Å². The molecule has 0 bridgehead atoms. The summed E-state index contributed by atoms with van der Waals surface area (Å²) in [6, 6.07) is 17.4. The van der Waals surface area contributed by atoms with Crippen LogP contribution in [-0.2, 0) is 0 Å². The number of benzene rings is 2.